The molecule has 0 fully saturated rings. The largest absolute Gasteiger partial charge is 0.361 e. The molecule has 5 heteroatoms. The van der Waals surface area contributed by atoms with Crippen LogP contribution in [-0.2, 0) is 0 Å². The predicted molar refractivity (Wildman–Crippen MR) is 73.1 cm³/mol. The van der Waals surface area contributed by atoms with Crippen LogP contribution >= 0.6 is 12.2 Å². The summed E-state index contributed by atoms with van der Waals surface area (Å²) in [5.41, 5.74) is 0.601. The summed E-state index contributed by atoms with van der Waals surface area (Å²) in [6.45, 7) is 1.57. The predicted octanol–water partition coefficient (Wildman–Crippen LogP) is 0.852. The van der Waals surface area contributed by atoms with Gasteiger partial charge in [-0.2, -0.15) is 0 Å². The molecule has 0 radical (unpaired) electrons. The first-order chi connectivity index (χ1) is 8.09. The van der Waals surface area contributed by atoms with Crippen LogP contribution in [0.15, 0.2) is 30.3 Å². The van der Waals surface area contributed by atoms with E-state index in [1.54, 1.807) is 12.1 Å². The van der Waals surface area contributed by atoms with E-state index in [2.05, 4.69) is 10.6 Å². The number of thiocarbonyl (C=S) groups is 1. The van der Waals surface area contributed by atoms with Gasteiger partial charge in [-0.3, -0.25) is 10.1 Å². The minimum Gasteiger partial charge on any atom is -0.361 e. The van der Waals surface area contributed by atoms with Crippen molar-refractivity contribution in [1.82, 2.24) is 15.5 Å². The Morgan fingerprint density at radius 2 is 1.94 bits per heavy atom. The Morgan fingerprint density at radius 3 is 2.53 bits per heavy atom. The number of likely N-dealkylation sites (N-methyl/N-ethyl adjacent to an activating group) is 1. The van der Waals surface area contributed by atoms with Gasteiger partial charge >= 0.3 is 0 Å². The summed E-state index contributed by atoms with van der Waals surface area (Å²) < 4.78 is 0. The number of carbonyl (C=O) groups excluding carboxylic acids is 1. The van der Waals surface area contributed by atoms with Crippen molar-refractivity contribution in [2.24, 2.45) is 0 Å². The summed E-state index contributed by atoms with van der Waals surface area (Å²) in [4.78, 5) is 13.7. The summed E-state index contributed by atoms with van der Waals surface area (Å²) in [5.74, 6) is -0.187. The number of nitrogens with one attached hydrogen (secondary N) is 2. The Labute approximate surface area is 107 Å². The summed E-state index contributed by atoms with van der Waals surface area (Å²) in [7, 11) is 3.96. The fourth-order valence-corrected chi connectivity index (χ4v) is 1.40. The molecule has 0 aromatic heterocycles. The fraction of sp³-hybridized carbons (Fsp3) is 0.333. The second-order valence-corrected chi connectivity index (χ2v) is 4.29. The number of rotatable bonds is 4. The molecular formula is C12H17N3OS. The van der Waals surface area contributed by atoms with Crippen molar-refractivity contribution in [3.05, 3.63) is 35.9 Å². The molecule has 0 bridgehead atoms. The standard InChI is InChI=1S/C12H17N3OS/c1-15(2)9-8-13-12(17)14-11(16)10-6-4-3-5-7-10/h3-7H,8-9H2,1-2H3,(H2,13,14,16,17). The van der Waals surface area contributed by atoms with Gasteiger partial charge in [-0.05, 0) is 38.4 Å². The van der Waals surface area contributed by atoms with E-state index in [0.29, 0.717) is 17.2 Å². The Hall–Kier alpha value is -1.46. The molecule has 0 aliphatic heterocycles. The van der Waals surface area contributed by atoms with Gasteiger partial charge in [-0.25, -0.2) is 0 Å². The summed E-state index contributed by atoms with van der Waals surface area (Å²) >= 11 is 5.02. The third-order valence-electron chi connectivity index (χ3n) is 2.11. The topological polar surface area (TPSA) is 44.4 Å². The van der Waals surface area contributed by atoms with Crippen LogP contribution < -0.4 is 10.6 Å². The lowest BCUT2D eigenvalue weighted by atomic mass is 10.2. The third kappa shape index (κ3) is 5.42. The van der Waals surface area contributed by atoms with Crippen LogP contribution in [0.4, 0.5) is 0 Å². The van der Waals surface area contributed by atoms with Crippen LogP contribution in [0.25, 0.3) is 0 Å². The zero-order chi connectivity index (χ0) is 12.7. The van der Waals surface area contributed by atoms with Crippen molar-refractivity contribution >= 4 is 23.2 Å². The highest BCUT2D eigenvalue weighted by atomic mass is 32.1. The van der Waals surface area contributed by atoms with E-state index in [9.17, 15) is 4.79 Å². The van der Waals surface area contributed by atoms with Crippen LogP contribution in [0.5, 0.6) is 0 Å². The molecule has 0 saturated heterocycles. The number of amides is 1. The SMILES string of the molecule is CN(C)CCNC(=S)NC(=O)c1ccccc1. The van der Waals surface area contributed by atoms with Crippen molar-refractivity contribution in [1.29, 1.82) is 0 Å². The van der Waals surface area contributed by atoms with Crippen molar-refractivity contribution < 1.29 is 4.79 Å². The third-order valence-corrected chi connectivity index (χ3v) is 2.35. The lowest BCUT2D eigenvalue weighted by Crippen LogP contribution is -2.41. The van der Waals surface area contributed by atoms with Crippen molar-refractivity contribution in [3.63, 3.8) is 0 Å². The van der Waals surface area contributed by atoms with Gasteiger partial charge < -0.3 is 10.2 Å². The van der Waals surface area contributed by atoms with Crippen molar-refractivity contribution in [2.45, 2.75) is 0 Å². The fourth-order valence-electron chi connectivity index (χ4n) is 1.20. The Bertz CT molecular complexity index is 379. The number of hydrogen-bond donors (Lipinski definition) is 2. The average Bonchev–Trinajstić information content (AvgIpc) is 2.29. The highest BCUT2D eigenvalue weighted by Crippen LogP contribution is 1.97. The van der Waals surface area contributed by atoms with Crippen LogP contribution in [0.2, 0.25) is 0 Å². The van der Waals surface area contributed by atoms with Crippen molar-refractivity contribution in [3.8, 4) is 0 Å². The summed E-state index contributed by atoms with van der Waals surface area (Å²) in [6, 6.07) is 8.99. The lowest BCUT2D eigenvalue weighted by Gasteiger charge is -2.12. The molecule has 1 aromatic rings. The van der Waals surface area contributed by atoms with Gasteiger partial charge in [0.05, 0.1) is 0 Å². The van der Waals surface area contributed by atoms with E-state index in [-0.39, 0.29) is 5.91 Å². The van der Waals surface area contributed by atoms with Crippen molar-refractivity contribution in [2.75, 3.05) is 27.2 Å². The maximum absolute atomic E-state index is 11.7. The second-order valence-electron chi connectivity index (χ2n) is 3.88. The molecule has 1 amide bonds. The first-order valence-electron chi connectivity index (χ1n) is 5.38. The van der Waals surface area contributed by atoms with Gasteiger partial charge in [0.1, 0.15) is 0 Å². The highest BCUT2D eigenvalue weighted by Gasteiger charge is 2.06. The maximum atomic E-state index is 11.7. The molecule has 17 heavy (non-hydrogen) atoms. The molecule has 0 unspecified atom stereocenters. The first kappa shape index (κ1) is 13.6. The van der Waals surface area contributed by atoms with Gasteiger partial charge in [0, 0.05) is 18.7 Å². The van der Waals surface area contributed by atoms with E-state index in [1.165, 1.54) is 0 Å². The van der Waals surface area contributed by atoms with Gasteiger partial charge in [-0.15, -0.1) is 0 Å². The molecule has 1 aromatic carbocycles. The molecule has 0 aliphatic rings. The smallest absolute Gasteiger partial charge is 0.257 e. The molecule has 92 valence electrons. The van der Waals surface area contributed by atoms with Gasteiger partial charge in [0.25, 0.3) is 5.91 Å². The lowest BCUT2D eigenvalue weighted by molar-refractivity contribution is 0.0976. The van der Waals surface area contributed by atoms with E-state index in [4.69, 9.17) is 12.2 Å². The number of hydrogen-bond acceptors (Lipinski definition) is 3. The molecular weight excluding hydrogens is 234 g/mol. The zero-order valence-corrected chi connectivity index (χ0v) is 10.9. The van der Waals surface area contributed by atoms with Crippen LogP contribution in [0, 0.1) is 0 Å². The maximum Gasteiger partial charge on any atom is 0.257 e. The Morgan fingerprint density at radius 1 is 1.29 bits per heavy atom. The van der Waals surface area contributed by atoms with Gasteiger partial charge in [-0.1, -0.05) is 18.2 Å². The molecule has 0 saturated carbocycles. The Balaban J connectivity index is 2.34. The zero-order valence-electron chi connectivity index (χ0n) is 10.1. The quantitative estimate of drug-likeness (QED) is 0.779. The molecule has 1 rings (SSSR count). The minimum absolute atomic E-state index is 0.187. The van der Waals surface area contributed by atoms with Crippen LogP contribution in [-0.4, -0.2) is 43.1 Å². The number of carbonyl (C=O) groups is 1. The summed E-state index contributed by atoms with van der Waals surface area (Å²) in [5, 5.41) is 5.97. The summed E-state index contributed by atoms with van der Waals surface area (Å²) in [6.07, 6.45) is 0. The molecule has 0 aliphatic carbocycles. The van der Waals surface area contributed by atoms with Gasteiger partial charge in [0.2, 0.25) is 0 Å². The molecule has 4 nitrogen and oxygen atoms in total. The van der Waals surface area contributed by atoms with E-state index < -0.39 is 0 Å². The normalized spacial score (nSPS) is 10.1. The van der Waals surface area contributed by atoms with Gasteiger partial charge in [0.15, 0.2) is 5.11 Å². The van der Waals surface area contributed by atoms with E-state index in [0.717, 1.165) is 6.54 Å². The van der Waals surface area contributed by atoms with Crippen LogP contribution in [0.1, 0.15) is 10.4 Å². The first-order valence-corrected chi connectivity index (χ1v) is 5.79. The second kappa shape index (κ2) is 6.98. The average molecular weight is 251 g/mol. The highest BCUT2D eigenvalue weighted by molar-refractivity contribution is 7.80. The number of nitrogens with zero attached hydrogens (tertiary/aromatic N) is 1. The van der Waals surface area contributed by atoms with E-state index >= 15 is 0 Å². The Kier molecular flexibility index (Phi) is 5.59. The molecule has 2 N–H and O–H groups in total. The van der Waals surface area contributed by atoms with E-state index in [1.807, 2.05) is 37.2 Å². The minimum atomic E-state index is -0.187. The van der Waals surface area contributed by atoms with Crippen LogP contribution in [0.3, 0.4) is 0 Å². The number of benzene rings is 1. The molecule has 0 atom stereocenters. The molecule has 0 heterocycles. The molecule has 0 spiro atoms. The monoisotopic (exact) mass is 251 g/mol.